The molecule has 0 aromatic heterocycles. The average molecular weight is 328 g/mol. The van der Waals surface area contributed by atoms with Crippen LogP contribution in [0.1, 0.15) is 37.8 Å². The quantitative estimate of drug-likeness (QED) is 0.717. The Morgan fingerprint density at radius 2 is 2.05 bits per heavy atom. The van der Waals surface area contributed by atoms with Crippen LogP contribution in [0.5, 0.6) is 5.75 Å². The Morgan fingerprint density at radius 1 is 1.32 bits per heavy atom. The molecule has 1 aromatic carbocycles. The van der Waals surface area contributed by atoms with Gasteiger partial charge >= 0.3 is 0 Å². The van der Waals surface area contributed by atoms with E-state index in [2.05, 4.69) is 54.2 Å². The van der Waals surface area contributed by atoms with Gasteiger partial charge in [-0.1, -0.05) is 29.8 Å². The molecule has 1 unspecified atom stereocenters. The van der Waals surface area contributed by atoms with E-state index in [9.17, 15) is 0 Å². The van der Waals surface area contributed by atoms with Crippen molar-refractivity contribution in [2.45, 2.75) is 40.0 Å². The Kier molecular flexibility index (Phi) is 7.47. The van der Waals surface area contributed by atoms with Crippen LogP contribution in [0.25, 0.3) is 0 Å². The minimum absolute atomic E-state index is 0.740. The summed E-state index contributed by atoms with van der Waals surface area (Å²) in [6, 6.07) is 4.31. The first kappa shape index (κ1) is 16.5. The van der Waals surface area contributed by atoms with Gasteiger partial charge in [0, 0.05) is 4.47 Å². The first-order chi connectivity index (χ1) is 9.08. The van der Waals surface area contributed by atoms with Crippen molar-refractivity contribution in [3.8, 4) is 5.75 Å². The highest BCUT2D eigenvalue weighted by Gasteiger charge is 2.09. The summed E-state index contributed by atoms with van der Waals surface area (Å²) >= 11 is 3.60. The fraction of sp³-hybridized carbons (Fsp3) is 0.625. The predicted octanol–water partition coefficient (Wildman–Crippen LogP) is 4.33. The molecule has 0 aliphatic carbocycles. The third kappa shape index (κ3) is 5.53. The van der Waals surface area contributed by atoms with Crippen molar-refractivity contribution in [3.05, 3.63) is 27.7 Å². The summed E-state index contributed by atoms with van der Waals surface area (Å²) in [4.78, 5) is 0. The van der Waals surface area contributed by atoms with Gasteiger partial charge < -0.3 is 10.1 Å². The molecule has 0 saturated heterocycles. The fourth-order valence-corrected chi connectivity index (χ4v) is 2.54. The highest BCUT2D eigenvalue weighted by atomic mass is 79.9. The molecule has 0 fully saturated rings. The largest absolute Gasteiger partial charge is 0.496 e. The molecule has 0 heterocycles. The molecule has 2 nitrogen and oxygen atoms in total. The second kappa shape index (κ2) is 8.60. The van der Waals surface area contributed by atoms with Gasteiger partial charge in [0.15, 0.2) is 0 Å². The summed E-state index contributed by atoms with van der Waals surface area (Å²) in [5.74, 6) is 1.75. The lowest BCUT2D eigenvalue weighted by Gasteiger charge is -2.14. The van der Waals surface area contributed by atoms with Crippen LogP contribution in [0.3, 0.4) is 0 Å². The zero-order valence-corrected chi connectivity index (χ0v) is 14.1. The zero-order chi connectivity index (χ0) is 14.3. The third-order valence-corrected chi connectivity index (χ3v) is 4.39. The Hall–Kier alpha value is -0.540. The first-order valence-corrected chi connectivity index (χ1v) is 7.91. The van der Waals surface area contributed by atoms with E-state index in [4.69, 9.17) is 4.74 Å². The Balaban J connectivity index is 2.54. The molecule has 108 valence electrons. The molecular weight excluding hydrogens is 302 g/mol. The summed E-state index contributed by atoms with van der Waals surface area (Å²) in [7, 11) is 1.75. The molecule has 0 radical (unpaired) electrons. The van der Waals surface area contributed by atoms with Crippen molar-refractivity contribution in [2.24, 2.45) is 5.92 Å². The van der Waals surface area contributed by atoms with Gasteiger partial charge in [0.05, 0.1) is 7.11 Å². The average Bonchev–Trinajstić information content (AvgIpc) is 2.40. The van der Waals surface area contributed by atoms with Crippen molar-refractivity contribution in [3.63, 3.8) is 0 Å². The lowest BCUT2D eigenvalue weighted by atomic mass is 9.97. The maximum atomic E-state index is 5.48. The fourth-order valence-electron chi connectivity index (χ4n) is 2.15. The van der Waals surface area contributed by atoms with Crippen LogP contribution in [0.2, 0.25) is 0 Å². The molecule has 19 heavy (non-hydrogen) atoms. The van der Waals surface area contributed by atoms with E-state index in [1.165, 1.54) is 28.4 Å². The highest BCUT2D eigenvalue weighted by Crippen LogP contribution is 2.28. The molecule has 3 heteroatoms. The number of aryl methyl sites for hydroxylation is 2. The number of benzene rings is 1. The number of hydrogen-bond donors (Lipinski definition) is 1. The molecule has 0 aliphatic heterocycles. The van der Waals surface area contributed by atoms with E-state index in [0.717, 1.165) is 31.2 Å². The summed E-state index contributed by atoms with van der Waals surface area (Å²) in [5.41, 5.74) is 2.52. The van der Waals surface area contributed by atoms with E-state index >= 15 is 0 Å². The SMILES string of the molecule is CCNCCC(C)CCc1cc(Br)c(C)cc1OC. The molecule has 0 spiro atoms. The second-order valence-electron chi connectivity index (χ2n) is 5.20. The number of nitrogens with one attached hydrogen (secondary N) is 1. The number of rotatable bonds is 8. The molecule has 0 amide bonds. The minimum Gasteiger partial charge on any atom is -0.496 e. The third-order valence-electron chi connectivity index (χ3n) is 3.53. The molecule has 0 aliphatic rings. The smallest absolute Gasteiger partial charge is 0.122 e. The summed E-state index contributed by atoms with van der Waals surface area (Å²) in [6.45, 7) is 8.75. The highest BCUT2D eigenvalue weighted by molar-refractivity contribution is 9.10. The normalized spacial score (nSPS) is 12.5. The van der Waals surface area contributed by atoms with Gasteiger partial charge in [-0.15, -0.1) is 0 Å². The number of hydrogen-bond acceptors (Lipinski definition) is 2. The van der Waals surface area contributed by atoms with Gasteiger partial charge in [-0.2, -0.15) is 0 Å². The van der Waals surface area contributed by atoms with Gasteiger partial charge in [-0.3, -0.25) is 0 Å². The van der Waals surface area contributed by atoms with E-state index < -0.39 is 0 Å². The summed E-state index contributed by atoms with van der Waals surface area (Å²) < 4.78 is 6.65. The summed E-state index contributed by atoms with van der Waals surface area (Å²) in [5, 5.41) is 3.38. The second-order valence-corrected chi connectivity index (χ2v) is 6.05. The summed E-state index contributed by atoms with van der Waals surface area (Å²) in [6.07, 6.45) is 3.52. The van der Waals surface area contributed by atoms with Gasteiger partial charge in [0.25, 0.3) is 0 Å². The van der Waals surface area contributed by atoms with Gasteiger partial charge in [-0.25, -0.2) is 0 Å². The van der Waals surface area contributed by atoms with Crippen molar-refractivity contribution >= 4 is 15.9 Å². The topological polar surface area (TPSA) is 21.3 Å². The van der Waals surface area contributed by atoms with Gasteiger partial charge in [0.1, 0.15) is 5.75 Å². The lowest BCUT2D eigenvalue weighted by Crippen LogP contribution is -2.16. The maximum Gasteiger partial charge on any atom is 0.122 e. The minimum atomic E-state index is 0.740. The van der Waals surface area contributed by atoms with E-state index in [0.29, 0.717) is 0 Å². The Bertz CT molecular complexity index is 393. The predicted molar refractivity (Wildman–Crippen MR) is 86.1 cm³/mol. The Morgan fingerprint density at radius 3 is 2.68 bits per heavy atom. The van der Waals surface area contributed by atoms with Crippen LogP contribution in [-0.2, 0) is 6.42 Å². The zero-order valence-electron chi connectivity index (χ0n) is 12.6. The van der Waals surface area contributed by atoms with Crippen LogP contribution < -0.4 is 10.1 Å². The molecule has 0 saturated carbocycles. The number of ether oxygens (including phenoxy) is 1. The van der Waals surface area contributed by atoms with Crippen LogP contribution in [0.15, 0.2) is 16.6 Å². The number of methoxy groups -OCH3 is 1. The van der Waals surface area contributed by atoms with Crippen LogP contribution in [0, 0.1) is 12.8 Å². The van der Waals surface area contributed by atoms with E-state index in [-0.39, 0.29) is 0 Å². The molecular formula is C16H26BrNO. The molecule has 0 bridgehead atoms. The van der Waals surface area contributed by atoms with Crippen LogP contribution >= 0.6 is 15.9 Å². The van der Waals surface area contributed by atoms with Crippen molar-refractivity contribution in [1.29, 1.82) is 0 Å². The van der Waals surface area contributed by atoms with E-state index in [1.54, 1.807) is 7.11 Å². The standard InChI is InChI=1S/C16H26BrNO/c1-5-18-9-8-12(2)6-7-14-11-15(17)13(3)10-16(14)19-4/h10-12,18H,5-9H2,1-4H3. The van der Waals surface area contributed by atoms with Crippen molar-refractivity contribution in [1.82, 2.24) is 5.32 Å². The van der Waals surface area contributed by atoms with Gasteiger partial charge in [-0.05, 0) is 68.5 Å². The number of halogens is 1. The van der Waals surface area contributed by atoms with Gasteiger partial charge in [0.2, 0.25) is 0 Å². The molecule has 1 atom stereocenters. The maximum absolute atomic E-state index is 5.48. The molecule has 1 N–H and O–H groups in total. The van der Waals surface area contributed by atoms with Crippen molar-refractivity contribution < 1.29 is 4.74 Å². The van der Waals surface area contributed by atoms with E-state index in [1.807, 2.05) is 0 Å². The monoisotopic (exact) mass is 327 g/mol. The Labute approximate surface area is 126 Å². The lowest BCUT2D eigenvalue weighted by molar-refractivity contribution is 0.404. The van der Waals surface area contributed by atoms with Crippen LogP contribution in [-0.4, -0.2) is 20.2 Å². The van der Waals surface area contributed by atoms with Crippen molar-refractivity contribution in [2.75, 3.05) is 20.2 Å². The molecule has 1 aromatic rings. The first-order valence-electron chi connectivity index (χ1n) is 7.12. The molecule has 1 rings (SSSR count). The van der Waals surface area contributed by atoms with Crippen LogP contribution in [0.4, 0.5) is 0 Å².